The Bertz CT molecular complexity index is 2640. The van der Waals surface area contributed by atoms with Crippen LogP contribution in [-0.4, -0.2) is 14.5 Å². The van der Waals surface area contributed by atoms with Crippen molar-refractivity contribution in [3.8, 4) is 45.7 Å². The lowest BCUT2D eigenvalue weighted by molar-refractivity contribution is 0.671. The molecule has 6 aromatic carbocycles. The zero-order chi connectivity index (χ0) is 30.6. The largest absolute Gasteiger partial charge is 0.454 e. The molecule has 0 aliphatic carbocycles. The summed E-state index contributed by atoms with van der Waals surface area (Å²) >= 11 is 0. The van der Waals surface area contributed by atoms with E-state index >= 15 is 0 Å². The highest BCUT2D eigenvalue weighted by atomic mass is 16.3. The van der Waals surface area contributed by atoms with Gasteiger partial charge in [0.15, 0.2) is 11.4 Å². The molecule has 0 aliphatic rings. The van der Waals surface area contributed by atoms with E-state index in [4.69, 9.17) is 14.4 Å². The van der Waals surface area contributed by atoms with Crippen molar-refractivity contribution in [3.63, 3.8) is 0 Å². The third kappa shape index (κ3) is 4.09. The molecule has 0 unspecified atom stereocenters. The number of hydrogen-bond donors (Lipinski definition) is 0. The summed E-state index contributed by atoms with van der Waals surface area (Å²) in [6.07, 6.45) is 0. The molecule has 0 saturated carbocycles. The second-order valence-electron chi connectivity index (χ2n) is 11.4. The van der Waals surface area contributed by atoms with E-state index in [1.807, 2.05) is 66.7 Å². The first-order valence-electron chi connectivity index (χ1n) is 15.1. The highest BCUT2D eigenvalue weighted by Crippen LogP contribution is 2.40. The SMILES string of the molecule is N#Cc1cccc(-c2cc(-c3ccccc3)nc(-c3ccc(-n4c5ccccc5c5ccc6c7ccccc7oc6c54)cc3)n2)c1. The van der Waals surface area contributed by atoms with Gasteiger partial charge in [0.05, 0.1) is 34.1 Å². The van der Waals surface area contributed by atoms with Crippen molar-refractivity contribution in [2.45, 2.75) is 0 Å². The van der Waals surface area contributed by atoms with Gasteiger partial charge in [-0.2, -0.15) is 5.26 Å². The van der Waals surface area contributed by atoms with Crippen molar-refractivity contribution in [3.05, 3.63) is 151 Å². The maximum absolute atomic E-state index is 9.52. The standard InChI is InChI=1S/C41H24N4O/c42-25-26-9-8-12-29(23-26)36-24-35(27-10-2-1-3-11-27)43-41(44-36)28-17-19-30(20-18-28)45-37-15-6-4-13-31(37)33-21-22-34-32-14-5-7-16-38(32)46-40(34)39(33)45/h1-24H. The Morgan fingerprint density at radius 2 is 1.24 bits per heavy atom. The molecule has 0 aliphatic heterocycles. The summed E-state index contributed by atoms with van der Waals surface area (Å²) < 4.78 is 8.81. The maximum Gasteiger partial charge on any atom is 0.160 e. The monoisotopic (exact) mass is 588 g/mol. The molecule has 0 spiro atoms. The third-order valence-electron chi connectivity index (χ3n) is 8.65. The van der Waals surface area contributed by atoms with Crippen LogP contribution in [0.2, 0.25) is 0 Å². The van der Waals surface area contributed by atoms with Gasteiger partial charge in [-0.3, -0.25) is 0 Å². The summed E-state index contributed by atoms with van der Waals surface area (Å²) in [6, 6.07) is 51.3. The van der Waals surface area contributed by atoms with E-state index in [0.29, 0.717) is 11.4 Å². The van der Waals surface area contributed by atoms with Crippen LogP contribution in [-0.2, 0) is 0 Å². The Morgan fingerprint density at radius 3 is 2.07 bits per heavy atom. The highest BCUT2D eigenvalue weighted by Gasteiger charge is 2.19. The molecule has 9 rings (SSSR count). The van der Waals surface area contributed by atoms with Crippen molar-refractivity contribution in [1.29, 1.82) is 5.26 Å². The molecule has 0 amide bonds. The van der Waals surface area contributed by atoms with E-state index in [1.165, 1.54) is 5.39 Å². The number of furan rings is 1. The Morgan fingerprint density at radius 1 is 0.543 bits per heavy atom. The predicted molar refractivity (Wildman–Crippen MR) is 185 cm³/mol. The zero-order valence-electron chi connectivity index (χ0n) is 24.6. The smallest absolute Gasteiger partial charge is 0.160 e. The number of fused-ring (bicyclic) bond motifs is 7. The molecular formula is C41H24N4O. The van der Waals surface area contributed by atoms with E-state index in [1.54, 1.807) is 6.07 Å². The van der Waals surface area contributed by atoms with Crippen LogP contribution in [0.3, 0.4) is 0 Å². The number of nitrogens with zero attached hydrogens (tertiary/aromatic N) is 4. The number of hydrogen-bond acceptors (Lipinski definition) is 4. The van der Waals surface area contributed by atoms with Crippen molar-refractivity contribution in [1.82, 2.24) is 14.5 Å². The Kier molecular flexibility index (Phi) is 5.81. The number of aromatic nitrogens is 3. The molecule has 214 valence electrons. The average Bonchev–Trinajstić information content (AvgIpc) is 3.68. The van der Waals surface area contributed by atoms with Gasteiger partial charge in [0.25, 0.3) is 0 Å². The predicted octanol–water partition coefficient (Wildman–Crippen LogP) is 10.3. The zero-order valence-corrected chi connectivity index (χ0v) is 24.6. The lowest BCUT2D eigenvalue weighted by Crippen LogP contribution is -1.97. The summed E-state index contributed by atoms with van der Waals surface area (Å²) in [5.41, 5.74) is 9.88. The normalized spacial score (nSPS) is 11.5. The molecule has 9 aromatic rings. The Hall–Kier alpha value is -6.51. The molecule has 3 heterocycles. The van der Waals surface area contributed by atoms with Gasteiger partial charge in [-0.05, 0) is 60.7 Å². The molecule has 5 nitrogen and oxygen atoms in total. The Balaban J connectivity index is 1.23. The van der Waals surface area contributed by atoms with Gasteiger partial charge in [-0.15, -0.1) is 0 Å². The summed E-state index contributed by atoms with van der Waals surface area (Å²) in [4.78, 5) is 9.99. The molecule has 0 fully saturated rings. The van der Waals surface area contributed by atoms with Crippen molar-refractivity contribution in [2.24, 2.45) is 0 Å². The van der Waals surface area contributed by atoms with Gasteiger partial charge in [0, 0.05) is 43.9 Å². The van der Waals surface area contributed by atoms with Gasteiger partial charge in [-0.1, -0.05) is 84.9 Å². The van der Waals surface area contributed by atoms with Crippen LogP contribution in [0.1, 0.15) is 5.56 Å². The molecule has 0 saturated heterocycles. The van der Waals surface area contributed by atoms with Crippen LogP contribution in [0.4, 0.5) is 0 Å². The fourth-order valence-corrected chi connectivity index (χ4v) is 6.49. The van der Waals surface area contributed by atoms with Gasteiger partial charge >= 0.3 is 0 Å². The van der Waals surface area contributed by atoms with Crippen LogP contribution in [0, 0.1) is 11.3 Å². The molecular weight excluding hydrogens is 564 g/mol. The van der Waals surface area contributed by atoms with Crippen LogP contribution in [0.15, 0.2) is 150 Å². The van der Waals surface area contributed by atoms with Crippen LogP contribution < -0.4 is 0 Å². The van der Waals surface area contributed by atoms with Gasteiger partial charge in [0.1, 0.15) is 5.58 Å². The van der Waals surface area contributed by atoms with Crippen LogP contribution in [0.5, 0.6) is 0 Å². The number of para-hydroxylation sites is 2. The fraction of sp³-hybridized carbons (Fsp3) is 0. The van der Waals surface area contributed by atoms with Crippen LogP contribution >= 0.6 is 0 Å². The molecule has 0 bridgehead atoms. The Labute approximate surface area is 264 Å². The molecule has 46 heavy (non-hydrogen) atoms. The first-order chi connectivity index (χ1) is 22.7. The van der Waals surface area contributed by atoms with Gasteiger partial charge in [-0.25, -0.2) is 9.97 Å². The molecule has 0 atom stereocenters. The quantitative estimate of drug-likeness (QED) is 0.205. The molecule has 0 N–H and O–H groups in total. The summed E-state index contributed by atoms with van der Waals surface area (Å²) in [5, 5.41) is 14.0. The van der Waals surface area contributed by atoms with Crippen LogP contribution in [0.25, 0.3) is 83.3 Å². The van der Waals surface area contributed by atoms with E-state index in [2.05, 4.69) is 83.4 Å². The lowest BCUT2D eigenvalue weighted by Gasteiger charge is -2.11. The van der Waals surface area contributed by atoms with E-state index in [0.717, 1.165) is 72.1 Å². The lowest BCUT2D eigenvalue weighted by atomic mass is 10.0. The third-order valence-corrected chi connectivity index (χ3v) is 8.65. The fourth-order valence-electron chi connectivity index (χ4n) is 6.49. The minimum Gasteiger partial charge on any atom is -0.454 e. The average molecular weight is 589 g/mol. The first-order valence-corrected chi connectivity index (χ1v) is 15.1. The maximum atomic E-state index is 9.52. The van der Waals surface area contributed by atoms with Gasteiger partial charge in [0.2, 0.25) is 0 Å². The minimum absolute atomic E-state index is 0.591. The van der Waals surface area contributed by atoms with E-state index in [9.17, 15) is 5.26 Å². The summed E-state index contributed by atoms with van der Waals surface area (Å²) in [5.74, 6) is 0.618. The second kappa shape index (κ2) is 10.3. The van der Waals surface area contributed by atoms with E-state index < -0.39 is 0 Å². The van der Waals surface area contributed by atoms with Crippen molar-refractivity contribution in [2.75, 3.05) is 0 Å². The minimum atomic E-state index is 0.591. The summed E-state index contributed by atoms with van der Waals surface area (Å²) in [7, 11) is 0. The van der Waals surface area contributed by atoms with Crippen molar-refractivity contribution >= 4 is 43.7 Å². The first kappa shape index (κ1) is 25.9. The topological polar surface area (TPSA) is 67.6 Å². The number of rotatable bonds is 4. The second-order valence-corrected chi connectivity index (χ2v) is 11.4. The van der Waals surface area contributed by atoms with Gasteiger partial charge < -0.3 is 8.98 Å². The number of nitriles is 1. The highest BCUT2D eigenvalue weighted by molar-refractivity contribution is 6.21. The molecule has 3 aromatic heterocycles. The van der Waals surface area contributed by atoms with Crippen molar-refractivity contribution < 1.29 is 4.42 Å². The molecule has 5 heteroatoms. The molecule has 0 radical (unpaired) electrons. The van der Waals surface area contributed by atoms with E-state index in [-0.39, 0.29) is 0 Å². The summed E-state index contributed by atoms with van der Waals surface area (Å²) in [6.45, 7) is 0. The number of benzene rings is 6.